The molecule has 0 saturated carbocycles. The van der Waals surface area contributed by atoms with E-state index < -0.39 is 26.9 Å². The van der Waals surface area contributed by atoms with E-state index in [2.05, 4.69) is 3.47 Å². The zero-order valence-electron chi connectivity index (χ0n) is 7.79. The first-order valence-corrected chi connectivity index (χ1v) is 8.69. The Kier molecular flexibility index (Phi) is 6.44. The Hall–Kier alpha value is 0.611. The van der Waals surface area contributed by atoms with E-state index >= 15 is 0 Å². The van der Waals surface area contributed by atoms with Gasteiger partial charge in [-0.2, -0.15) is 0 Å². The van der Waals surface area contributed by atoms with Gasteiger partial charge in [0.25, 0.3) is 0 Å². The van der Waals surface area contributed by atoms with Crippen LogP contribution in [0.1, 0.15) is 20.8 Å². The minimum atomic E-state index is -3.49. The van der Waals surface area contributed by atoms with Gasteiger partial charge in [-0.1, -0.05) is 0 Å². The first-order chi connectivity index (χ1) is 5.60. The van der Waals surface area contributed by atoms with Gasteiger partial charge in [0.1, 0.15) is 0 Å². The Morgan fingerprint density at radius 1 is 1.25 bits per heavy atom. The summed E-state index contributed by atoms with van der Waals surface area (Å²) >= 11 is -3.49. The summed E-state index contributed by atoms with van der Waals surface area (Å²) in [6.07, 6.45) is 0. The third-order valence-corrected chi connectivity index (χ3v) is 7.14. The van der Waals surface area contributed by atoms with Crippen molar-refractivity contribution in [2.75, 3.05) is 0 Å². The van der Waals surface area contributed by atoms with Crippen LogP contribution in [0.2, 0.25) is 18.1 Å². The van der Waals surface area contributed by atoms with E-state index in [0.717, 1.165) is 18.1 Å². The van der Waals surface area contributed by atoms with Crippen molar-refractivity contribution in [3.8, 4) is 0 Å². The van der Waals surface area contributed by atoms with Gasteiger partial charge in [0.2, 0.25) is 0 Å². The molecule has 0 aliphatic carbocycles. The second-order valence-electron chi connectivity index (χ2n) is 2.68. The summed E-state index contributed by atoms with van der Waals surface area (Å²) in [6.45, 7) is 6.10. The zero-order valence-corrected chi connectivity index (χ0v) is 10.4. The summed E-state index contributed by atoms with van der Waals surface area (Å²) in [4.78, 5) is 0. The maximum atomic E-state index is 10.3. The molecule has 0 bridgehead atoms. The molecule has 1 N–H and O–H groups in total. The van der Waals surface area contributed by atoms with E-state index in [0.29, 0.717) is 0 Å². The van der Waals surface area contributed by atoms with E-state index in [1.807, 2.05) is 20.8 Å². The van der Waals surface area contributed by atoms with Gasteiger partial charge in [0, 0.05) is 0 Å². The fourth-order valence-electron chi connectivity index (χ4n) is 1.05. The second-order valence-corrected chi connectivity index (χ2v) is 8.42. The third kappa shape index (κ3) is 4.02. The van der Waals surface area contributed by atoms with Crippen molar-refractivity contribution in [1.29, 1.82) is 0 Å². The van der Waals surface area contributed by atoms with E-state index in [1.54, 1.807) is 0 Å². The van der Waals surface area contributed by atoms with Crippen molar-refractivity contribution in [2.24, 2.45) is 0 Å². The first kappa shape index (κ1) is 12.6. The molecule has 0 heterocycles. The quantitative estimate of drug-likeness (QED) is 0.427. The number of hydrogen-bond acceptors (Lipinski definition) is 3. The van der Waals surface area contributed by atoms with Crippen molar-refractivity contribution in [3.63, 3.8) is 0 Å². The SMILES string of the molecule is CC[Si](CC)(CC)O[O][Ti](=[O])[OH]. The van der Waals surface area contributed by atoms with Crippen LogP contribution in [-0.2, 0) is 30.0 Å². The van der Waals surface area contributed by atoms with Crippen LogP contribution in [0.4, 0.5) is 0 Å². The summed E-state index contributed by atoms with van der Waals surface area (Å²) in [5.41, 5.74) is 0. The van der Waals surface area contributed by atoms with Gasteiger partial charge in [-0.05, 0) is 0 Å². The molecule has 0 spiro atoms. The molecule has 0 radical (unpaired) electrons. The fourth-order valence-corrected chi connectivity index (χ4v) is 4.31. The molecule has 0 aromatic heterocycles. The van der Waals surface area contributed by atoms with Crippen LogP contribution in [0.3, 0.4) is 0 Å². The molecule has 0 aliphatic rings. The molecule has 0 unspecified atom stereocenters. The molecule has 0 aliphatic heterocycles. The molecule has 0 aromatic carbocycles. The van der Waals surface area contributed by atoms with Crippen LogP contribution in [-0.4, -0.2) is 12.0 Å². The molecular weight excluding hydrogens is 212 g/mol. The van der Waals surface area contributed by atoms with E-state index in [-0.39, 0.29) is 0 Å². The average molecular weight is 228 g/mol. The first-order valence-electron chi connectivity index (χ1n) is 4.18. The Morgan fingerprint density at radius 3 is 1.92 bits per heavy atom. The van der Waals surface area contributed by atoms with Gasteiger partial charge in [0.05, 0.1) is 0 Å². The van der Waals surface area contributed by atoms with Crippen LogP contribution in [0.15, 0.2) is 0 Å². The van der Waals surface area contributed by atoms with Crippen LogP contribution in [0.25, 0.3) is 0 Å². The maximum absolute atomic E-state index is 10.3. The molecule has 0 atom stereocenters. The normalized spacial score (nSPS) is 11.7. The van der Waals surface area contributed by atoms with E-state index in [1.165, 1.54) is 0 Å². The molecule has 0 aromatic rings. The van der Waals surface area contributed by atoms with Crippen molar-refractivity contribution < 1.29 is 33.7 Å². The summed E-state index contributed by atoms with van der Waals surface area (Å²) in [5.74, 6) is 0. The van der Waals surface area contributed by atoms with Gasteiger partial charge >= 0.3 is 80.9 Å². The van der Waals surface area contributed by atoms with Gasteiger partial charge in [-0.3, -0.25) is 0 Å². The standard InChI is InChI=1S/C6H16O2Si.H2O.O.Ti/c1-4-9(5-2,6-3)8-7;;;/h7H,4-6H2,1-3H3;1H2;;/q;;;+2/p-2. The van der Waals surface area contributed by atoms with Gasteiger partial charge in [-0.25, -0.2) is 0 Å². The van der Waals surface area contributed by atoms with Crippen LogP contribution >= 0.6 is 0 Å². The minimum absolute atomic E-state index is 0.922. The summed E-state index contributed by atoms with van der Waals surface area (Å²) in [6, 6.07) is 2.77. The second kappa shape index (κ2) is 6.12. The van der Waals surface area contributed by atoms with E-state index in [4.69, 9.17) is 8.26 Å². The molecule has 4 nitrogen and oxygen atoms in total. The van der Waals surface area contributed by atoms with Gasteiger partial charge < -0.3 is 0 Å². The van der Waals surface area contributed by atoms with E-state index in [9.17, 15) is 3.32 Å². The molecule has 0 amide bonds. The van der Waals surface area contributed by atoms with Crippen LogP contribution in [0.5, 0.6) is 0 Å². The fraction of sp³-hybridized carbons (Fsp3) is 1.00. The monoisotopic (exact) mass is 228 g/mol. The van der Waals surface area contributed by atoms with Crippen LogP contribution < -0.4 is 0 Å². The van der Waals surface area contributed by atoms with Crippen molar-refractivity contribution in [3.05, 3.63) is 0 Å². The Morgan fingerprint density at radius 2 is 1.67 bits per heavy atom. The Labute approximate surface area is 81.0 Å². The van der Waals surface area contributed by atoms with Gasteiger partial charge in [0.15, 0.2) is 0 Å². The number of rotatable bonds is 6. The van der Waals surface area contributed by atoms with Crippen molar-refractivity contribution in [1.82, 2.24) is 0 Å². The van der Waals surface area contributed by atoms with Gasteiger partial charge in [-0.15, -0.1) is 0 Å². The third-order valence-electron chi connectivity index (χ3n) is 2.22. The molecule has 0 saturated heterocycles. The summed E-state index contributed by atoms with van der Waals surface area (Å²) in [7, 11) is -1.82. The Bertz CT molecular complexity index is 140. The predicted molar refractivity (Wildman–Crippen MR) is 42.3 cm³/mol. The molecule has 72 valence electrons. The topological polar surface area (TPSA) is 55.8 Å². The predicted octanol–water partition coefficient (Wildman–Crippen LogP) is 1.73. The molecule has 0 rings (SSSR count). The van der Waals surface area contributed by atoms with Crippen molar-refractivity contribution >= 4 is 8.32 Å². The Balaban J connectivity index is 4.01. The zero-order chi connectivity index (χ0) is 9.61. The van der Waals surface area contributed by atoms with Crippen molar-refractivity contribution in [2.45, 2.75) is 38.9 Å². The average Bonchev–Trinajstić information content (AvgIpc) is 2.08. The van der Waals surface area contributed by atoms with Crippen LogP contribution in [0, 0.1) is 0 Å². The summed E-state index contributed by atoms with van der Waals surface area (Å²) in [5, 5.41) is 0. The summed E-state index contributed by atoms with van der Waals surface area (Å²) < 4.78 is 28.3. The molecular formula is C6H16O4SiTi. The number of hydrogen-bond donors (Lipinski definition) is 1. The molecule has 0 fully saturated rings. The molecule has 12 heavy (non-hydrogen) atoms. The molecule has 6 heteroatoms.